The topological polar surface area (TPSA) is 57.4 Å². The molecule has 0 fully saturated rings. The van der Waals surface area contributed by atoms with E-state index in [1.54, 1.807) is 11.3 Å². The lowest BCUT2D eigenvalue weighted by molar-refractivity contribution is 0.170. The van der Waals surface area contributed by atoms with Crippen LogP contribution >= 0.6 is 27.3 Å². The van der Waals surface area contributed by atoms with E-state index in [1.165, 1.54) is 4.88 Å². The van der Waals surface area contributed by atoms with Gasteiger partial charge in [-0.1, -0.05) is 0 Å². The maximum Gasteiger partial charge on any atom is 0.175 e. The summed E-state index contributed by atoms with van der Waals surface area (Å²) in [5.74, 6) is 1.56. The second kappa shape index (κ2) is 5.26. The fraction of sp³-hybridized carbons (Fsp3) is 0.400. The van der Waals surface area contributed by atoms with Crippen molar-refractivity contribution in [2.24, 2.45) is 5.73 Å². The number of fused-ring (bicyclic) bond motifs is 2. The third-order valence-electron chi connectivity index (χ3n) is 3.84. The number of benzene rings is 1. The number of hydrogen-bond acceptors (Lipinski definition) is 5. The predicted molar refractivity (Wildman–Crippen MR) is 86.1 cm³/mol. The molecule has 1 aromatic heterocycles. The summed E-state index contributed by atoms with van der Waals surface area (Å²) in [6.45, 7) is 1.17. The van der Waals surface area contributed by atoms with Crippen LogP contribution in [0.25, 0.3) is 10.6 Å². The highest BCUT2D eigenvalue weighted by atomic mass is 79.9. The lowest BCUT2D eigenvalue weighted by Crippen LogP contribution is -2.16. The molecule has 1 aliphatic heterocycles. The predicted octanol–water partition coefficient (Wildman–Crippen LogP) is 3.68. The number of thiazole rings is 1. The highest BCUT2D eigenvalue weighted by molar-refractivity contribution is 9.10. The molecular weight excluding hydrogens is 352 g/mol. The second-order valence-electron chi connectivity index (χ2n) is 5.31. The molecule has 0 amide bonds. The first kappa shape index (κ1) is 13.5. The van der Waals surface area contributed by atoms with E-state index in [2.05, 4.69) is 15.9 Å². The second-order valence-corrected chi connectivity index (χ2v) is 7.25. The third-order valence-corrected chi connectivity index (χ3v) is 5.61. The molecule has 0 saturated carbocycles. The highest BCUT2D eigenvalue weighted by Gasteiger charge is 2.24. The van der Waals surface area contributed by atoms with Gasteiger partial charge in [-0.25, -0.2) is 4.98 Å². The van der Waals surface area contributed by atoms with Gasteiger partial charge in [-0.3, -0.25) is 0 Å². The zero-order chi connectivity index (χ0) is 14.4. The molecule has 1 unspecified atom stereocenters. The van der Waals surface area contributed by atoms with Crippen molar-refractivity contribution in [2.75, 3.05) is 13.2 Å². The van der Waals surface area contributed by atoms with E-state index in [9.17, 15) is 0 Å². The lowest BCUT2D eigenvalue weighted by atomic mass is 9.99. The van der Waals surface area contributed by atoms with Gasteiger partial charge in [0.05, 0.1) is 10.2 Å². The summed E-state index contributed by atoms with van der Waals surface area (Å²) in [4.78, 5) is 6.10. The molecule has 21 heavy (non-hydrogen) atoms. The van der Waals surface area contributed by atoms with E-state index in [4.69, 9.17) is 20.2 Å². The Balaban J connectivity index is 1.78. The first-order valence-corrected chi connectivity index (χ1v) is 8.68. The van der Waals surface area contributed by atoms with Crippen molar-refractivity contribution in [3.8, 4) is 22.1 Å². The van der Waals surface area contributed by atoms with Crippen LogP contribution in [0.4, 0.5) is 0 Å². The minimum Gasteiger partial charge on any atom is -0.486 e. The molecule has 2 aromatic rings. The summed E-state index contributed by atoms with van der Waals surface area (Å²) in [6, 6.07) is 4.14. The van der Waals surface area contributed by atoms with Crippen LogP contribution < -0.4 is 15.2 Å². The monoisotopic (exact) mass is 366 g/mol. The fourth-order valence-corrected chi connectivity index (χ4v) is 4.53. The average Bonchev–Trinajstić information content (AvgIpc) is 2.93. The van der Waals surface area contributed by atoms with Gasteiger partial charge in [-0.15, -0.1) is 11.3 Å². The van der Waals surface area contributed by atoms with Crippen LogP contribution in [0.15, 0.2) is 16.6 Å². The number of hydrogen-bond donors (Lipinski definition) is 1. The van der Waals surface area contributed by atoms with Gasteiger partial charge in [0.25, 0.3) is 0 Å². The molecule has 0 bridgehead atoms. The summed E-state index contributed by atoms with van der Waals surface area (Å²) < 4.78 is 12.2. The van der Waals surface area contributed by atoms with Crippen LogP contribution in [0.1, 0.15) is 29.5 Å². The minimum absolute atomic E-state index is 0.0828. The van der Waals surface area contributed by atoms with Crippen LogP contribution in [0, 0.1) is 0 Å². The summed E-state index contributed by atoms with van der Waals surface area (Å²) >= 11 is 5.30. The van der Waals surface area contributed by atoms with Crippen LogP contribution in [0.3, 0.4) is 0 Å². The standard InChI is InChI=1S/C15H15BrN2O2S/c16-9-6-8(7-11-14(9)20-5-4-19-11)15-18-13-10(17)2-1-3-12(13)21-15/h6-7,10H,1-5,17H2. The maximum absolute atomic E-state index is 6.17. The van der Waals surface area contributed by atoms with E-state index in [-0.39, 0.29) is 6.04 Å². The Bertz CT molecular complexity index is 701. The number of halogens is 1. The van der Waals surface area contributed by atoms with Crippen molar-refractivity contribution >= 4 is 27.3 Å². The van der Waals surface area contributed by atoms with Gasteiger partial charge in [0.1, 0.15) is 18.2 Å². The molecule has 6 heteroatoms. The van der Waals surface area contributed by atoms with Gasteiger partial charge < -0.3 is 15.2 Å². The number of aromatic nitrogens is 1. The Morgan fingerprint density at radius 1 is 1.29 bits per heavy atom. The Morgan fingerprint density at radius 3 is 3.00 bits per heavy atom. The molecule has 4 rings (SSSR count). The molecule has 4 nitrogen and oxygen atoms in total. The molecule has 2 heterocycles. The van der Waals surface area contributed by atoms with Crippen molar-refractivity contribution in [2.45, 2.75) is 25.3 Å². The Kier molecular flexibility index (Phi) is 3.40. The number of nitrogens with two attached hydrogens (primary N) is 1. The molecule has 110 valence electrons. The summed E-state index contributed by atoms with van der Waals surface area (Å²) in [6.07, 6.45) is 3.27. The molecule has 1 aromatic carbocycles. The van der Waals surface area contributed by atoms with Gasteiger partial charge in [0.2, 0.25) is 0 Å². The molecule has 2 aliphatic rings. The number of rotatable bonds is 1. The van der Waals surface area contributed by atoms with Crippen molar-refractivity contribution < 1.29 is 9.47 Å². The van der Waals surface area contributed by atoms with Gasteiger partial charge in [0.15, 0.2) is 11.5 Å². The molecular formula is C15H15BrN2O2S. The zero-order valence-corrected chi connectivity index (χ0v) is 13.8. The maximum atomic E-state index is 6.17. The number of ether oxygens (including phenoxy) is 2. The minimum atomic E-state index is 0.0828. The average molecular weight is 367 g/mol. The van der Waals surface area contributed by atoms with Gasteiger partial charge in [0, 0.05) is 16.5 Å². The normalized spacial score (nSPS) is 20.2. The quantitative estimate of drug-likeness (QED) is 0.836. The van der Waals surface area contributed by atoms with Crippen LogP contribution in [-0.2, 0) is 6.42 Å². The van der Waals surface area contributed by atoms with Gasteiger partial charge in [-0.2, -0.15) is 0 Å². The van der Waals surface area contributed by atoms with Gasteiger partial charge in [-0.05, 0) is 47.3 Å². The van der Waals surface area contributed by atoms with Crippen LogP contribution in [-0.4, -0.2) is 18.2 Å². The smallest absolute Gasteiger partial charge is 0.175 e. The number of nitrogens with zero attached hydrogens (tertiary/aromatic N) is 1. The third kappa shape index (κ3) is 2.35. The van der Waals surface area contributed by atoms with Crippen molar-refractivity contribution in [3.63, 3.8) is 0 Å². The number of aryl methyl sites for hydroxylation is 1. The van der Waals surface area contributed by atoms with E-state index in [1.807, 2.05) is 12.1 Å². The molecule has 2 N–H and O–H groups in total. The highest BCUT2D eigenvalue weighted by Crippen LogP contribution is 2.43. The lowest BCUT2D eigenvalue weighted by Gasteiger charge is -2.20. The molecule has 1 aliphatic carbocycles. The Morgan fingerprint density at radius 2 is 2.14 bits per heavy atom. The van der Waals surface area contributed by atoms with Crippen molar-refractivity contribution in [3.05, 3.63) is 27.2 Å². The molecule has 0 spiro atoms. The largest absolute Gasteiger partial charge is 0.486 e. The van der Waals surface area contributed by atoms with Crippen LogP contribution in [0.5, 0.6) is 11.5 Å². The first-order chi connectivity index (χ1) is 10.2. The van der Waals surface area contributed by atoms with E-state index in [0.717, 1.165) is 51.5 Å². The molecule has 0 radical (unpaired) electrons. The molecule has 0 saturated heterocycles. The van der Waals surface area contributed by atoms with Crippen molar-refractivity contribution in [1.82, 2.24) is 4.98 Å². The summed E-state index contributed by atoms with van der Waals surface area (Å²) in [7, 11) is 0. The Hall–Kier alpha value is -1.11. The van der Waals surface area contributed by atoms with Crippen LogP contribution in [0.2, 0.25) is 0 Å². The SMILES string of the molecule is NC1CCCc2sc(-c3cc(Br)c4c(c3)OCCO4)nc21. The van der Waals surface area contributed by atoms with E-state index >= 15 is 0 Å². The van der Waals surface area contributed by atoms with E-state index in [0.29, 0.717) is 13.2 Å². The Labute approximate surface area is 135 Å². The fourth-order valence-electron chi connectivity index (χ4n) is 2.81. The van der Waals surface area contributed by atoms with E-state index < -0.39 is 0 Å². The first-order valence-electron chi connectivity index (χ1n) is 7.07. The zero-order valence-electron chi connectivity index (χ0n) is 11.4. The summed E-state index contributed by atoms with van der Waals surface area (Å²) in [5.41, 5.74) is 8.30. The van der Waals surface area contributed by atoms with Gasteiger partial charge >= 0.3 is 0 Å². The summed E-state index contributed by atoms with van der Waals surface area (Å²) in [5, 5.41) is 1.01. The van der Waals surface area contributed by atoms with Crippen molar-refractivity contribution in [1.29, 1.82) is 0 Å². The molecule has 1 atom stereocenters.